The zero-order valence-corrected chi connectivity index (χ0v) is 23.1. The smallest absolute Gasteiger partial charge is 0.342 e. The minimum atomic E-state index is -0.748. The minimum Gasteiger partial charge on any atom is -0.379 e. The Kier molecular flexibility index (Phi) is 22.0. The third kappa shape index (κ3) is 18.5. The van der Waals surface area contributed by atoms with Crippen LogP contribution in [0.15, 0.2) is 6.20 Å². The van der Waals surface area contributed by atoms with Crippen LogP contribution in [0.5, 0.6) is 0 Å². The fraction of sp³-hybridized carbons (Fsp3) is 0.880. The van der Waals surface area contributed by atoms with Gasteiger partial charge in [0.15, 0.2) is 5.82 Å². The topological polar surface area (TPSA) is 149 Å². The summed E-state index contributed by atoms with van der Waals surface area (Å²) in [7, 11) is 0. The van der Waals surface area contributed by atoms with Crippen molar-refractivity contribution in [2.24, 2.45) is 0 Å². The molecular formula is C25H48N4O9. The molecular weight excluding hydrogens is 500 g/mol. The van der Waals surface area contributed by atoms with E-state index in [2.05, 4.69) is 17.2 Å². The lowest BCUT2D eigenvalue weighted by molar-refractivity contribution is -0.392. The van der Waals surface area contributed by atoms with Crippen LogP contribution in [0.25, 0.3) is 0 Å². The molecule has 222 valence electrons. The first-order valence-electron chi connectivity index (χ1n) is 13.6. The van der Waals surface area contributed by atoms with Crippen molar-refractivity contribution in [3.05, 3.63) is 22.1 Å². The summed E-state index contributed by atoms with van der Waals surface area (Å²) in [6, 6.07) is 0. The molecule has 1 rings (SSSR count). The first-order valence-corrected chi connectivity index (χ1v) is 13.6. The highest BCUT2D eigenvalue weighted by atomic mass is 16.6. The van der Waals surface area contributed by atoms with Crippen LogP contribution in [-0.2, 0) is 35.0 Å². The van der Waals surface area contributed by atoms with Gasteiger partial charge >= 0.3 is 5.82 Å². The molecule has 0 saturated heterocycles. The fourth-order valence-electron chi connectivity index (χ4n) is 3.33. The van der Waals surface area contributed by atoms with Gasteiger partial charge in [-0.15, -0.1) is 0 Å². The van der Waals surface area contributed by atoms with Crippen LogP contribution in [0.2, 0.25) is 0 Å². The number of aliphatic hydroxyl groups is 1. The maximum absolute atomic E-state index is 11.0. The number of nitrogens with one attached hydrogen (secondary N) is 1. The van der Waals surface area contributed by atoms with Gasteiger partial charge in [-0.25, -0.2) is 9.55 Å². The van der Waals surface area contributed by atoms with Crippen LogP contribution >= 0.6 is 0 Å². The number of aryl methyl sites for hydroxylation is 1. The summed E-state index contributed by atoms with van der Waals surface area (Å²) in [5, 5.41) is 23.9. The summed E-state index contributed by atoms with van der Waals surface area (Å²) in [6.45, 7) is 11.6. The monoisotopic (exact) mass is 548 g/mol. The fourth-order valence-corrected chi connectivity index (χ4v) is 3.33. The molecule has 0 aliphatic rings. The van der Waals surface area contributed by atoms with Crippen molar-refractivity contribution in [2.45, 2.75) is 58.7 Å². The van der Waals surface area contributed by atoms with Crippen molar-refractivity contribution in [3.8, 4) is 0 Å². The molecule has 13 heteroatoms. The van der Waals surface area contributed by atoms with E-state index >= 15 is 0 Å². The Balaban J connectivity index is 1.77. The molecule has 0 aliphatic heterocycles. The zero-order valence-electron chi connectivity index (χ0n) is 23.1. The van der Waals surface area contributed by atoms with Crippen LogP contribution in [-0.4, -0.2) is 112 Å². The van der Waals surface area contributed by atoms with E-state index in [9.17, 15) is 15.2 Å². The summed E-state index contributed by atoms with van der Waals surface area (Å²) >= 11 is 0. The third-order valence-electron chi connectivity index (χ3n) is 5.39. The lowest BCUT2D eigenvalue weighted by Gasteiger charge is -2.13. The van der Waals surface area contributed by atoms with Crippen molar-refractivity contribution in [3.63, 3.8) is 0 Å². The van der Waals surface area contributed by atoms with E-state index in [1.807, 2.05) is 0 Å². The van der Waals surface area contributed by atoms with Crippen LogP contribution in [0.1, 0.15) is 44.9 Å². The minimum absolute atomic E-state index is 0.0570. The van der Waals surface area contributed by atoms with E-state index in [4.69, 9.17) is 28.4 Å². The molecule has 0 aromatic carbocycles. The summed E-state index contributed by atoms with van der Waals surface area (Å²) < 4.78 is 34.3. The molecule has 0 radical (unpaired) electrons. The van der Waals surface area contributed by atoms with Crippen LogP contribution in [0.4, 0.5) is 5.82 Å². The number of imidazole rings is 1. The van der Waals surface area contributed by atoms with Gasteiger partial charge in [-0.3, -0.25) is 5.32 Å². The van der Waals surface area contributed by atoms with E-state index in [0.29, 0.717) is 98.0 Å². The SMILES string of the molecule is CCCOCCOCCOCCOCCCCCOCCOCCC(O)NCCn1c([N+](=O)[O-])cnc1C. The molecule has 13 nitrogen and oxygen atoms in total. The maximum Gasteiger partial charge on any atom is 0.342 e. The molecule has 2 N–H and O–H groups in total. The van der Waals surface area contributed by atoms with Gasteiger partial charge in [0.2, 0.25) is 0 Å². The lowest BCUT2D eigenvalue weighted by Crippen LogP contribution is -2.33. The van der Waals surface area contributed by atoms with Gasteiger partial charge < -0.3 is 43.6 Å². The van der Waals surface area contributed by atoms with Gasteiger partial charge in [0, 0.05) is 39.7 Å². The van der Waals surface area contributed by atoms with Gasteiger partial charge in [0.05, 0.1) is 59.5 Å². The molecule has 38 heavy (non-hydrogen) atoms. The number of unbranched alkanes of at least 4 members (excludes halogenated alkanes) is 2. The van der Waals surface area contributed by atoms with E-state index in [1.165, 1.54) is 10.8 Å². The number of hydrogen-bond acceptors (Lipinski definition) is 11. The van der Waals surface area contributed by atoms with Gasteiger partial charge in [-0.2, -0.15) is 0 Å². The lowest BCUT2D eigenvalue weighted by atomic mass is 10.2. The Bertz CT molecular complexity index is 694. The summed E-state index contributed by atoms with van der Waals surface area (Å²) in [5.74, 6) is 0.506. The highest BCUT2D eigenvalue weighted by Gasteiger charge is 2.17. The van der Waals surface area contributed by atoms with Crippen LogP contribution in [0.3, 0.4) is 0 Å². The molecule has 1 aromatic rings. The number of nitro groups is 1. The van der Waals surface area contributed by atoms with Crippen molar-refractivity contribution in [2.75, 3.05) is 85.8 Å². The normalized spacial score (nSPS) is 12.3. The standard InChI is InChI=1S/C25H48N4O9/c1-3-10-33-14-18-37-20-21-38-19-16-35-12-6-4-5-11-34-15-17-36-13-7-24(30)26-8-9-28-23(2)27-22-25(28)29(31)32/h22,24,26,30H,3-21H2,1-2H3. The number of nitrogens with zero attached hydrogens (tertiary/aromatic N) is 3. The van der Waals surface area contributed by atoms with Crippen molar-refractivity contribution in [1.29, 1.82) is 0 Å². The highest BCUT2D eigenvalue weighted by molar-refractivity contribution is 5.18. The van der Waals surface area contributed by atoms with Crippen LogP contribution < -0.4 is 5.32 Å². The predicted molar refractivity (Wildman–Crippen MR) is 141 cm³/mol. The van der Waals surface area contributed by atoms with E-state index < -0.39 is 11.2 Å². The number of rotatable bonds is 28. The quantitative estimate of drug-likeness (QED) is 0.0686. The molecule has 0 aliphatic carbocycles. The Labute approximate surface area is 226 Å². The van der Waals surface area contributed by atoms with Gasteiger partial charge in [-0.05, 0) is 30.6 Å². The number of aliphatic hydroxyl groups excluding tert-OH is 1. The number of ether oxygens (including phenoxy) is 6. The van der Waals surface area contributed by atoms with Gasteiger partial charge in [-0.1, -0.05) is 6.92 Å². The van der Waals surface area contributed by atoms with E-state index in [-0.39, 0.29) is 5.82 Å². The second kappa shape index (κ2) is 24.3. The van der Waals surface area contributed by atoms with E-state index in [0.717, 1.165) is 32.3 Å². The summed E-state index contributed by atoms with van der Waals surface area (Å²) in [6.07, 6.45) is 4.92. The average molecular weight is 549 g/mol. The Morgan fingerprint density at radius 3 is 1.89 bits per heavy atom. The summed E-state index contributed by atoms with van der Waals surface area (Å²) in [5.41, 5.74) is 0. The molecule has 0 amide bonds. The molecule has 0 saturated carbocycles. The zero-order chi connectivity index (χ0) is 27.7. The molecule has 1 aromatic heterocycles. The second-order valence-corrected chi connectivity index (χ2v) is 8.57. The Morgan fingerprint density at radius 1 is 0.868 bits per heavy atom. The highest BCUT2D eigenvalue weighted by Crippen LogP contribution is 2.12. The first-order chi connectivity index (χ1) is 18.6. The molecule has 1 unspecified atom stereocenters. The van der Waals surface area contributed by atoms with E-state index in [1.54, 1.807) is 6.92 Å². The third-order valence-corrected chi connectivity index (χ3v) is 5.39. The molecule has 0 bridgehead atoms. The van der Waals surface area contributed by atoms with Crippen molar-refractivity contribution in [1.82, 2.24) is 14.9 Å². The van der Waals surface area contributed by atoms with Crippen molar-refractivity contribution < 1.29 is 38.5 Å². The summed E-state index contributed by atoms with van der Waals surface area (Å²) in [4.78, 5) is 14.5. The second-order valence-electron chi connectivity index (χ2n) is 8.57. The number of aromatic nitrogens is 2. The number of hydrogen-bond donors (Lipinski definition) is 2. The largest absolute Gasteiger partial charge is 0.379 e. The maximum atomic E-state index is 11.0. The van der Waals surface area contributed by atoms with Crippen molar-refractivity contribution >= 4 is 5.82 Å². The van der Waals surface area contributed by atoms with Gasteiger partial charge in [0.25, 0.3) is 0 Å². The molecule has 0 fully saturated rings. The molecule has 1 atom stereocenters. The Morgan fingerprint density at radius 2 is 1.37 bits per heavy atom. The first kappa shape index (κ1) is 34.3. The molecule has 0 spiro atoms. The van der Waals surface area contributed by atoms with Crippen LogP contribution in [0, 0.1) is 17.0 Å². The Hall–Kier alpha value is -1.71. The predicted octanol–water partition coefficient (Wildman–Crippen LogP) is 2.08. The molecule has 1 heterocycles. The van der Waals surface area contributed by atoms with Gasteiger partial charge in [0.1, 0.15) is 19.0 Å². The average Bonchev–Trinajstić information content (AvgIpc) is 3.27.